The molecule has 0 radical (unpaired) electrons. The summed E-state index contributed by atoms with van der Waals surface area (Å²) in [6, 6.07) is 38.3. The highest BCUT2D eigenvalue weighted by atomic mass is 16.5. The van der Waals surface area contributed by atoms with Crippen LogP contribution in [0.25, 0.3) is 46.6 Å². The van der Waals surface area contributed by atoms with Gasteiger partial charge in [-0.2, -0.15) is 0 Å². The molecule has 0 saturated carbocycles. The number of methoxy groups -OCH3 is 2. The summed E-state index contributed by atoms with van der Waals surface area (Å²) in [5.41, 5.74) is 11.6. The second kappa shape index (κ2) is 20.8. The molecule has 0 aliphatic heterocycles. The van der Waals surface area contributed by atoms with Crippen molar-refractivity contribution in [2.45, 2.75) is 13.8 Å². The Hall–Kier alpha value is -4.98. The first kappa shape index (κ1) is 38.3. The summed E-state index contributed by atoms with van der Waals surface area (Å²) in [4.78, 5) is 0. The van der Waals surface area contributed by atoms with E-state index in [-0.39, 0.29) is 0 Å². The molecule has 0 aliphatic carbocycles. The van der Waals surface area contributed by atoms with Crippen LogP contribution in [0.15, 0.2) is 109 Å². The van der Waals surface area contributed by atoms with E-state index in [0.717, 1.165) is 44.9 Å². The molecule has 52 heavy (non-hydrogen) atoms. The summed E-state index contributed by atoms with van der Waals surface area (Å²) in [5.74, 6) is 1.62. The van der Waals surface area contributed by atoms with Gasteiger partial charge >= 0.3 is 0 Å². The summed E-state index contributed by atoms with van der Waals surface area (Å²) in [6.07, 6.45) is 8.65. The van der Waals surface area contributed by atoms with Crippen LogP contribution < -0.4 is 9.47 Å². The predicted octanol–water partition coefficient (Wildman–Crippen LogP) is 10.1. The van der Waals surface area contributed by atoms with Gasteiger partial charge in [-0.25, -0.2) is 0 Å². The minimum absolute atomic E-state index is 0.482. The van der Waals surface area contributed by atoms with E-state index in [1.54, 1.807) is 14.2 Å². The predicted molar refractivity (Wildman–Crippen MR) is 214 cm³/mol. The van der Waals surface area contributed by atoms with E-state index in [1.807, 2.05) is 24.3 Å². The lowest BCUT2D eigenvalue weighted by atomic mass is 9.92. The molecule has 5 rings (SSSR count). The van der Waals surface area contributed by atoms with Crippen molar-refractivity contribution in [3.63, 3.8) is 0 Å². The van der Waals surface area contributed by atoms with Crippen LogP contribution in [-0.2, 0) is 18.9 Å². The SMILES string of the molecule is COCCOCCOc1cccc(/C=C/c2cc(-c3ccc(-c4ccc(C)cc4)cc3)c(/C=C/c3cccc(OCCOCCOC)c3)cc2C)c1. The quantitative estimate of drug-likeness (QED) is 0.0596. The normalized spacial score (nSPS) is 11.5. The molecular formula is C46H50O6. The smallest absolute Gasteiger partial charge is 0.120 e. The maximum atomic E-state index is 5.94. The van der Waals surface area contributed by atoms with E-state index in [1.165, 1.54) is 22.3 Å². The van der Waals surface area contributed by atoms with Crippen LogP contribution in [-0.4, -0.2) is 67.1 Å². The molecular weight excluding hydrogens is 649 g/mol. The second-order valence-electron chi connectivity index (χ2n) is 12.5. The lowest BCUT2D eigenvalue weighted by molar-refractivity contribution is 0.0544. The molecule has 0 unspecified atom stereocenters. The number of aryl methyl sites for hydroxylation is 2. The standard InChI is InChI=1S/C46H50O6/c1-35-11-15-39(16-12-35)40-19-21-41(22-20-40)46-34-42(17-13-37-7-5-9-44(32-37)51-29-27-49-25-23-47-3)36(2)31-43(46)18-14-38-8-6-10-45(33-38)52-30-28-50-26-24-48-4/h5-22,31-34H,23-30H2,1-4H3/b17-13+,18-14+. The Labute approximate surface area is 309 Å². The third-order valence-corrected chi connectivity index (χ3v) is 8.50. The number of ether oxygens (including phenoxy) is 6. The Balaban J connectivity index is 1.37. The summed E-state index contributed by atoms with van der Waals surface area (Å²) >= 11 is 0. The minimum Gasteiger partial charge on any atom is -0.491 e. The van der Waals surface area contributed by atoms with Crippen LogP contribution in [0.5, 0.6) is 11.5 Å². The van der Waals surface area contributed by atoms with Gasteiger partial charge in [0.05, 0.1) is 39.6 Å². The highest BCUT2D eigenvalue weighted by Crippen LogP contribution is 2.32. The molecule has 0 atom stereocenters. The maximum absolute atomic E-state index is 5.94. The van der Waals surface area contributed by atoms with Crippen molar-refractivity contribution >= 4 is 24.3 Å². The fraction of sp³-hybridized carbons (Fsp3) is 0.261. The molecule has 6 heteroatoms. The van der Waals surface area contributed by atoms with Gasteiger partial charge < -0.3 is 28.4 Å². The van der Waals surface area contributed by atoms with Gasteiger partial charge in [0.1, 0.15) is 24.7 Å². The topological polar surface area (TPSA) is 55.4 Å². The molecule has 0 saturated heterocycles. The fourth-order valence-corrected chi connectivity index (χ4v) is 5.62. The fourth-order valence-electron chi connectivity index (χ4n) is 5.62. The second-order valence-corrected chi connectivity index (χ2v) is 12.5. The van der Waals surface area contributed by atoms with Crippen molar-refractivity contribution in [2.24, 2.45) is 0 Å². The average Bonchev–Trinajstić information content (AvgIpc) is 3.17. The van der Waals surface area contributed by atoms with Crippen LogP contribution in [0.2, 0.25) is 0 Å². The highest BCUT2D eigenvalue weighted by molar-refractivity contribution is 5.85. The van der Waals surface area contributed by atoms with Gasteiger partial charge in [-0.15, -0.1) is 0 Å². The molecule has 5 aromatic carbocycles. The van der Waals surface area contributed by atoms with Gasteiger partial charge in [0, 0.05) is 14.2 Å². The Morgan fingerprint density at radius 2 is 0.923 bits per heavy atom. The van der Waals surface area contributed by atoms with E-state index >= 15 is 0 Å². The van der Waals surface area contributed by atoms with Gasteiger partial charge in [-0.05, 0) is 94.3 Å². The first-order valence-corrected chi connectivity index (χ1v) is 17.8. The largest absolute Gasteiger partial charge is 0.491 e. The monoisotopic (exact) mass is 698 g/mol. The zero-order valence-electron chi connectivity index (χ0n) is 30.8. The summed E-state index contributed by atoms with van der Waals surface area (Å²) in [7, 11) is 3.33. The molecule has 0 aromatic heterocycles. The van der Waals surface area contributed by atoms with E-state index in [0.29, 0.717) is 52.9 Å². The Morgan fingerprint density at radius 3 is 1.46 bits per heavy atom. The Morgan fingerprint density at radius 1 is 0.442 bits per heavy atom. The zero-order chi connectivity index (χ0) is 36.4. The number of hydrogen-bond acceptors (Lipinski definition) is 6. The Bertz CT molecular complexity index is 1880. The first-order chi connectivity index (χ1) is 25.5. The molecule has 0 heterocycles. The van der Waals surface area contributed by atoms with E-state index in [4.69, 9.17) is 28.4 Å². The molecule has 6 nitrogen and oxygen atoms in total. The molecule has 0 amide bonds. The van der Waals surface area contributed by atoms with E-state index in [9.17, 15) is 0 Å². The van der Waals surface area contributed by atoms with Gasteiger partial charge in [-0.1, -0.05) is 109 Å². The van der Waals surface area contributed by atoms with Crippen molar-refractivity contribution in [3.8, 4) is 33.8 Å². The molecule has 0 aliphatic rings. The lowest BCUT2D eigenvalue weighted by Crippen LogP contribution is -2.09. The van der Waals surface area contributed by atoms with Gasteiger partial charge in [0.25, 0.3) is 0 Å². The van der Waals surface area contributed by atoms with Crippen LogP contribution in [0.4, 0.5) is 0 Å². The van der Waals surface area contributed by atoms with Crippen molar-refractivity contribution in [3.05, 3.63) is 143 Å². The number of rotatable bonds is 20. The molecule has 5 aromatic rings. The summed E-state index contributed by atoms with van der Waals surface area (Å²) in [5, 5.41) is 0. The van der Waals surface area contributed by atoms with Crippen LogP contribution >= 0.6 is 0 Å². The third kappa shape index (κ3) is 12.1. The van der Waals surface area contributed by atoms with Gasteiger partial charge in [0.2, 0.25) is 0 Å². The van der Waals surface area contributed by atoms with Gasteiger partial charge in [0.15, 0.2) is 0 Å². The van der Waals surface area contributed by atoms with Crippen LogP contribution in [0.3, 0.4) is 0 Å². The number of benzene rings is 5. The van der Waals surface area contributed by atoms with Crippen molar-refractivity contribution in [1.82, 2.24) is 0 Å². The Kier molecular flexibility index (Phi) is 15.3. The van der Waals surface area contributed by atoms with Crippen LogP contribution in [0, 0.1) is 13.8 Å². The van der Waals surface area contributed by atoms with E-state index < -0.39 is 0 Å². The number of hydrogen-bond donors (Lipinski definition) is 0. The maximum Gasteiger partial charge on any atom is 0.120 e. The highest BCUT2D eigenvalue weighted by Gasteiger charge is 2.09. The molecule has 0 spiro atoms. The zero-order valence-corrected chi connectivity index (χ0v) is 30.8. The summed E-state index contributed by atoms with van der Waals surface area (Å²) in [6.45, 7) is 8.54. The molecule has 0 bridgehead atoms. The average molecular weight is 699 g/mol. The minimum atomic E-state index is 0.482. The van der Waals surface area contributed by atoms with Crippen LogP contribution in [0.1, 0.15) is 33.4 Å². The molecule has 270 valence electrons. The summed E-state index contributed by atoms with van der Waals surface area (Å²) < 4.78 is 33.0. The molecule has 0 fully saturated rings. The third-order valence-electron chi connectivity index (χ3n) is 8.50. The van der Waals surface area contributed by atoms with Gasteiger partial charge in [-0.3, -0.25) is 0 Å². The van der Waals surface area contributed by atoms with E-state index in [2.05, 4.69) is 123 Å². The van der Waals surface area contributed by atoms with Crippen molar-refractivity contribution in [1.29, 1.82) is 0 Å². The molecule has 0 N–H and O–H groups in total. The van der Waals surface area contributed by atoms with Crippen molar-refractivity contribution in [2.75, 3.05) is 67.1 Å². The first-order valence-electron chi connectivity index (χ1n) is 17.8. The lowest BCUT2D eigenvalue weighted by Gasteiger charge is -2.13. The van der Waals surface area contributed by atoms with Crippen molar-refractivity contribution < 1.29 is 28.4 Å².